The molecule has 0 aliphatic carbocycles. The first-order valence-corrected chi connectivity index (χ1v) is 7.46. The summed E-state index contributed by atoms with van der Waals surface area (Å²) in [7, 11) is 0. The predicted octanol–water partition coefficient (Wildman–Crippen LogP) is 2.00. The van der Waals surface area contributed by atoms with E-state index in [1.165, 1.54) is 25.9 Å². The van der Waals surface area contributed by atoms with E-state index in [2.05, 4.69) is 35.8 Å². The minimum absolute atomic E-state index is 0.671. The van der Waals surface area contributed by atoms with Crippen LogP contribution in [-0.2, 0) is 4.74 Å². The van der Waals surface area contributed by atoms with Gasteiger partial charge in [-0.25, -0.2) is 0 Å². The molecule has 0 bridgehead atoms. The number of hydrogen-bond donors (Lipinski definition) is 0. The fourth-order valence-corrected chi connectivity index (χ4v) is 2.92. The third kappa shape index (κ3) is 4.38. The molecule has 2 heterocycles. The zero-order valence-corrected chi connectivity index (χ0v) is 12.0. The second kappa shape index (κ2) is 7.27. The lowest BCUT2D eigenvalue weighted by molar-refractivity contribution is -0.00120. The second-order valence-corrected chi connectivity index (χ2v) is 5.88. The monoisotopic (exact) mass is 252 g/mol. The van der Waals surface area contributed by atoms with Crippen LogP contribution in [0.15, 0.2) is 12.2 Å². The van der Waals surface area contributed by atoms with Gasteiger partial charge in [0.1, 0.15) is 0 Å². The molecule has 0 aromatic heterocycles. The molecular formula is C15H28N2O. The maximum atomic E-state index is 5.44. The maximum Gasteiger partial charge on any atom is 0.0594 e. The number of nitrogens with zero attached hydrogens (tertiary/aromatic N) is 2. The molecule has 104 valence electrons. The molecule has 0 N–H and O–H groups in total. The van der Waals surface area contributed by atoms with Crippen molar-refractivity contribution in [3.8, 4) is 0 Å². The summed E-state index contributed by atoms with van der Waals surface area (Å²) in [6.07, 6.45) is 7.37. The largest absolute Gasteiger partial charge is 0.379 e. The number of likely N-dealkylation sites (tertiary alicyclic amines) is 1. The normalized spacial score (nSPS) is 28.3. The number of allylic oxidation sites excluding steroid dienone is 1. The smallest absolute Gasteiger partial charge is 0.0594 e. The van der Waals surface area contributed by atoms with Crippen LogP contribution < -0.4 is 0 Å². The van der Waals surface area contributed by atoms with Gasteiger partial charge in [-0.1, -0.05) is 26.0 Å². The van der Waals surface area contributed by atoms with Crippen LogP contribution in [0.5, 0.6) is 0 Å². The maximum absolute atomic E-state index is 5.44. The van der Waals surface area contributed by atoms with Gasteiger partial charge in [0.05, 0.1) is 13.2 Å². The van der Waals surface area contributed by atoms with Gasteiger partial charge in [0.25, 0.3) is 0 Å². The van der Waals surface area contributed by atoms with Crippen LogP contribution in [0.4, 0.5) is 0 Å². The molecule has 0 aromatic carbocycles. The van der Waals surface area contributed by atoms with Crippen LogP contribution >= 0.6 is 0 Å². The Morgan fingerprint density at radius 2 is 2.00 bits per heavy atom. The Bertz CT molecular complexity index is 259. The van der Waals surface area contributed by atoms with Crippen LogP contribution in [-0.4, -0.2) is 61.8 Å². The van der Waals surface area contributed by atoms with E-state index in [9.17, 15) is 0 Å². The Morgan fingerprint density at radius 3 is 2.72 bits per heavy atom. The zero-order chi connectivity index (χ0) is 12.8. The van der Waals surface area contributed by atoms with Crippen LogP contribution in [0.3, 0.4) is 0 Å². The summed E-state index contributed by atoms with van der Waals surface area (Å²) in [5.74, 6) is 0.671. The highest BCUT2D eigenvalue weighted by Gasteiger charge is 2.25. The summed E-state index contributed by atoms with van der Waals surface area (Å²) in [5.41, 5.74) is 0. The molecule has 2 aliphatic heterocycles. The molecule has 0 radical (unpaired) electrons. The molecule has 3 heteroatoms. The molecule has 2 rings (SSSR count). The Kier molecular flexibility index (Phi) is 5.67. The molecule has 18 heavy (non-hydrogen) atoms. The van der Waals surface area contributed by atoms with Crippen LogP contribution in [0, 0.1) is 5.92 Å². The lowest BCUT2D eigenvalue weighted by Gasteiger charge is -2.40. The van der Waals surface area contributed by atoms with E-state index in [4.69, 9.17) is 4.74 Å². The first-order valence-electron chi connectivity index (χ1n) is 7.46. The molecule has 0 aromatic rings. The number of hydrogen-bond acceptors (Lipinski definition) is 3. The fraction of sp³-hybridized carbons (Fsp3) is 0.867. The minimum Gasteiger partial charge on any atom is -0.379 e. The van der Waals surface area contributed by atoms with Crippen molar-refractivity contribution in [1.29, 1.82) is 0 Å². The standard InChI is InChI=1S/C15H28N2O/c1-14(2)5-3-7-16-8-4-6-15(13-16)17-9-11-18-12-10-17/h3,5,14-15H,4,6-13H2,1-2H3/b5-3+. The highest BCUT2D eigenvalue weighted by Crippen LogP contribution is 2.17. The quantitative estimate of drug-likeness (QED) is 0.712. The second-order valence-electron chi connectivity index (χ2n) is 5.88. The lowest BCUT2D eigenvalue weighted by Crippen LogP contribution is -2.51. The third-order valence-corrected chi connectivity index (χ3v) is 3.93. The molecule has 0 amide bonds. The predicted molar refractivity (Wildman–Crippen MR) is 75.8 cm³/mol. The number of ether oxygens (including phenoxy) is 1. The number of morpholine rings is 1. The van der Waals surface area contributed by atoms with Crippen molar-refractivity contribution in [2.75, 3.05) is 45.9 Å². The summed E-state index contributed by atoms with van der Waals surface area (Å²) in [4.78, 5) is 5.23. The molecule has 2 aliphatic rings. The van der Waals surface area contributed by atoms with Gasteiger partial charge in [0, 0.05) is 32.2 Å². The highest BCUT2D eigenvalue weighted by atomic mass is 16.5. The van der Waals surface area contributed by atoms with Crippen LogP contribution in [0.25, 0.3) is 0 Å². The summed E-state index contributed by atoms with van der Waals surface area (Å²) in [6, 6.07) is 0.759. The molecule has 3 nitrogen and oxygen atoms in total. The fourth-order valence-electron chi connectivity index (χ4n) is 2.92. The summed E-state index contributed by atoms with van der Waals surface area (Å²) >= 11 is 0. The Labute approximate surface area is 112 Å². The molecule has 0 spiro atoms. The highest BCUT2D eigenvalue weighted by molar-refractivity contribution is 4.90. The SMILES string of the molecule is CC(C)/C=C/CN1CCCC(N2CCOCC2)C1. The van der Waals surface area contributed by atoms with Gasteiger partial charge in [-0.3, -0.25) is 9.80 Å². The third-order valence-electron chi connectivity index (χ3n) is 3.93. The van der Waals surface area contributed by atoms with Crippen molar-refractivity contribution in [1.82, 2.24) is 9.80 Å². The van der Waals surface area contributed by atoms with Crippen molar-refractivity contribution in [3.05, 3.63) is 12.2 Å². The number of piperidine rings is 1. The van der Waals surface area contributed by atoms with E-state index in [-0.39, 0.29) is 0 Å². The zero-order valence-electron chi connectivity index (χ0n) is 12.0. The van der Waals surface area contributed by atoms with Crippen molar-refractivity contribution in [2.45, 2.75) is 32.7 Å². The van der Waals surface area contributed by atoms with Crippen molar-refractivity contribution >= 4 is 0 Å². The van der Waals surface area contributed by atoms with Gasteiger partial charge in [0.2, 0.25) is 0 Å². The van der Waals surface area contributed by atoms with Gasteiger partial charge in [-0.15, -0.1) is 0 Å². The van der Waals surface area contributed by atoms with Crippen LogP contribution in [0.2, 0.25) is 0 Å². The van der Waals surface area contributed by atoms with E-state index in [0.29, 0.717) is 5.92 Å². The summed E-state index contributed by atoms with van der Waals surface area (Å²) < 4.78 is 5.44. The molecule has 0 saturated carbocycles. The van der Waals surface area contributed by atoms with Gasteiger partial charge >= 0.3 is 0 Å². The molecule has 1 atom stereocenters. The Morgan fingerprint density at radius 1 is 1.22 bits per heavy atom. The number of rotatable bonds is 4. The molecule has 1 unspecified atom stereocenters. The van der Waals surface area contributed by atoms with Crippen molar-refractivity contribution < 1.29 is 4.74 Å². The summed E-state index contributed by atoms with van der Waals surface area (Å²) in [6.45, 7) is 12.2. The Balaban J connectivity index is 1.76. The Hall–Kier alpha value is -0.380. The van der Waals surface area contributed by atoms with Gasteiger partial charge in [-0.05, 0) is 25.3 Å². The summed E-state index contributed by atoms with van der Waals surface area (Å²) in [5, 5.41) is 0. The first-order chi connectivity index (χ1) is 8.75. The van der Waals surface area contributed by atoms with E-state index in [0.717, 1.165) is 38.9 Å². The molecule has 2 saturated heterocycles. The van der Waals surface area contributed by atoms with E-state index in [1.807, 2.05) is 0 Å². The molecule has 2 fully saturated rings. The van der Waals surface area contributed by atoms with Gasteiger partial charge < -0.3 is 4.74 Å². The van der Waals surface area contributed by atoms with E-state index in [1.54, 1.807) is 0 Å². The van der Waals surface area contributed by atoms with Crippen molar-refractivity contribution in [3.63, 3.8) is 0 Å². The molecular weight excluding hydrogens is 224 g/mol. The average Bonchev–Trinajstić information content (AvgIpc) is 2.40. The minimum atomic E-state index is 0.671. The van der Waals surface area contributed by atoms with Gasteiger partial charge in [-0.2, -0.15) is 0 Å². The first kappa shape index (κ1) is 14.0. The topological polar surface area (TPSA) is 15.7 Å². The van der Waals surface area contributed by atoms with Crippen molar-refractivity contribution in [2.24, 2.45) is 5.92 Å². The van der Waals surface area contributed by atoms with E-state index >= 15 is 0 Å². The van der Waals surface area contributed by atoms with Crippen LogP contribution in [0.1, 0.15) is 26.7 Å². The van der Waals surface area contributed by atoms with Gasteiger partial charge in [0.15, 0.2) is 0 Å². The average molecular weight is 252 g/mol. The van der Waals surface area contributed by atoms with E-state index < -0.39 is 0 Å². The lowest BCUT2D eigenvalue weighted by atomic mass is 10.0.